The van der Waals surface area contributed by atoms with Gasteiger partial charge in [-0.05, 0) is 38.5 Å². The van der Waals surface area contributed by atoms with Crippen LogP contribution in [0.3, 0.4) is 0 Å². The van der Waals surface area contributed by atoms with Crippen LogP contribution < -0.4 is 0 Å². The minimum Gasteiger partial charge on any atom is -0.465 e. The topological polar surface area (TPSA) is 28.9 Å². The number of furan rings is 1. The zero-order chi connectivity index (χ0) is 17.4. The van der Waals surface area contributed by atoms with Gasteiger partial charge in [0.05, 0.1) is 25.3 Å². The van der Waals surface area contributed by atoms with Crippen LogP contribution in [0.1, 0.15) is 28.2 Å². The van der Waals surface area contributed by atoms with E-state index in [0.717, 1.165) is 50.9 Å². The van der Waals surface area contributed by atoms with E-state index in [1.807, 2.05) is 13.0 Å². The van der Waals surface area contributed by atoms with Crippen LogP contribution in [0.2, 0.25) is 0 Å². The summed E-state index contributed by atoms with van der Waals surface area (Å²) in [6, 6.07) is 11.5. The first-order valence-corrected chi connectivity index (χ1v) is 9.27. The van der Waals surface area contributed by atoms with E-state index < -0.39 is 0 Å². The van der Waals surface area contributed by atoms with Crippen LogP contribution in [-0.4, -0.2) is 48.2 Å². The van der Waals surface area contributed by atoms with Gasteiger partial charge in [-0.1, -0.05) is 29.3 Å². The molecule has 0 saturated carbocycles. The molecule has 0 bridgehead atoms. The number of likely N-dealkylation sites (tertiary alicyclic amines) is 1. The lowest BCUT2D eigenvalue weighted by molar-refractivity contribution is -0.0523. The van der Waals surface area contributed by atoms with E-state index in [2.05, 4.69) is 47.9 Å². The highest BCUT2D eigenvalue weighted by Gasteiger charge is 2.40. The van der Waals surface area contributed by atoms with Crippen molar-refractivity contribution in [2.24, 2.45) is 0 Å². The monoisotopic (exact) mass is 340 g/mol. The second kappa shape index (κ2) is 6.94. The molecule has 0 amide bonds. The van der Waals surface area contributed by atoms with Crippen molar-refractivity contribution in [2.75, 3.05) is 26.2 Å². The van der Waals surface area contributed by atoms with Gasteiger partial charge in [-0.2, -0.15) is 0 Å². The Morgan fingerprint density at radius 3 is 2.52 bits per heavy atom. The summed E-state index contributed by atoms with van der Waals surface area (Å²) in [5, 5.41) is 0. The molecule has 2 fully saturated rings. The Kier molecular flexibility index (Phi) is 4.67. The third kappa shape index (κ3) is 3.81. The Balaban J connectivity index is 1.43. The van der Waals surface area contributed by atoms with Gasteiger partial charge in [-0.3, -0.25) is 9.80 Å². The summed E-state index contributed by atoms with van der Waals surface area (Å²) in [5.74, 6) is 2.05. The molecule has 2 saturated heterocycles. The molecule has 2 aliphatic heterocycles. The van der Waals surface area contributed by atoms with Crippen LogP contribution in [0, 0.1) is 20.8 Å². The van der Waals surface area contributed by atoms with Crippen LogP contribution in [-0.2, 0) is 17.8 Å². The molecule has 0 N–H and O–H groups in total. The second-order valence-corrected chi connectivity index (χ2v) is 7.65. The van der Waals surface area contributed by atoms with Crippen LogP contribution in [0.5, 0.6) is 0 Å². The fourth-order valence-corrected chi connectivity index (χ4v) is 4.35. The maximum absolute atomic E-state index is 6.08. The first-order chi connectivity index (χ1) is 12.1. The molecule has 2 aliphatic rings. The van der Waals surface area contributed by atoms with Crippen molar-refractivity contribution in [3.8, 4) is 0 Å². The third-order valence-electron chi connectivity index (χ3n) is 5.33. The minimum absolute atomic E-state index is 0.315. The predicted octanol–water partition coefficient (Wildman–Crippen LogP) is 3.29. The largest absolute Gasteiger partial charge is 0.465 e. The van der Waals surface area contributed by atoms with E-state index in [1.54, 1.807) is 0 Å². The summed E-state index contributed by atoms with van der Waals surface area (Å²) in [7, 11) is 0. The second-order valence-electron chi connectivity index (χ2n) is 7.65. The lowest BCUT2D eigenvalue weighted by atomic mass is 10.1. The zero-order valence-electron chi connectivity index (χ0n) is 15.5. The first kappa shape index (κ1) is 16.8. The van der Waals surface area contributed by atoms with Crippen LogP contribution in [0.4, 0.5) is 0 Å². The first-order valence-electron chi connectivity index (χ1n) is 9.27. The number of hydrogen-bond donors (Lipinski definition) is 0. The number of rotatable bonds is 4. The summed E-state index contributed by atoms with van der Waals surface area (Å²) in [5.41, 5.74) is 4.10. The lowest BCUT2D eigenvalue weighted by Crippen LogP contribution is -2.50. The molecule has 134 valence electrons. The molecule has 0 radical (unpaired) electrons. The predicted molar refractivity (Wildman–Crippen MR) is 98.6 cm³/mol. The van der Waals surface area contributed by atoms with Gasteiger partial charge in [0.2, 0.25) is 0 Å². The van der Waals surface area contributed by atoms with Gasteiger partial charge >= 0.3 is 0 Å². The number of morpholine rings is 1. The number of fused-ring (bicyclic) bond motifs is 1. The van der Waals surface area contributed by atoms with Gasteiger partial charge in [0.15, 0.2) is 0 Å². The Bertz CT molecular complexity index is 719. The quantitative estimate of drug-likeness (QED) is 0.854. The van der Waals surface area contributed by atoms with E-state index in [4.69, 9.17) is 9.15 Å². The van der Waals surface area contributed by atoms with Gasteiger partial charge in [0.1, 0.15) is 11.5 Å². The highest BCUT2D eigenvalue weighted by atomic mass is 16.5. The van der Waals surface area contributed by atoms with E-state index in [1.165, 1.54) is 16.7 Å². The molecule has 0 spiro atoms. The zero-order valence-corrected chi connectivity index (χ0v) is 15.5. The summed E-state index contributed by atoms with van der Waals surface area (Å²) >= 11 is 0. The molecule has 2 atom stereocenters. The molecule has 4 rings (SSSR count). The minimum atomic E-state index is 0.315. The Morgan fingerprint density at radius 2 is 1.80 bits per heavy atom. The van der Waals surface area contributed by atoms with Gasteiger partial charge in [-0.15, -0.1) is 0 Å². The maximum atomic E-state index is 6.08. The molecular formula is C21H28N2O2. The van der Waals surface area contributed by atoms with Gasteiger partial charge in [0, 0.05) is 26.2 Å². The molecular weight excluding hydrogens is 312 g/mol. The van der Waals surface area contributed by atoms with Crippen LogP contribution >= 0.6 is 0 Å². The number of benzene rings is 1. The fraction of sp³-hybridized carbons (Fsp3) is 0.524. The average molecular weight is 340 g/mol. The number of ether oxygens (including phenoxy) is 1. The molecule has 0 unspecified atom stereocenters. The van der Waals surface area contributed by atoms with Crippen molar-refractivity contribution in [3.63, 3.8) is 0 Å². The molecule has 2 aromatic rings. The van der Waals surface area contributed by atoms with Crippen LogP contribution in [0.25, 0.3) is 0 Å². The van der Waals surface area contributed by atoms with Crippen molar-refractivity contribution >= 4 is 0 Å². The maximum Gasteiger partial charge on any atom is 0.118 e. The van der Waals surface area contributed by atoms with E-state index >= 15 is 0 Å². The van der Waals surface area contributed by atoms with Crippen molar-refractivity contribution in [1.29, 1.82) is 0 Å². The summed E-state index contributed by atoms with van der Waals surface area (Å²) < 4.78 is 11.9. The fourth-order valence-electron chi connectivity index (χ4n) is 4.35. The average Bonchev–Trinajstić information content (AvgIpc) is 3.12. The normalized spacial score (nSPS) is 24.6. The molecule has 3 heterocycles. The van der Waals surface area contributed by atoms with Gasteiger partial charge in [0.25, 0.3) is 0 Å². The molecule has 1 aromatic heterocycles. The lowest BCUT2D eigenvalue weighted by Gasteiger charge is -2.36. The molecule has 1 aromatic carbocycles. The SMILES string of the molecule is Cc1cc(C)cc(CN2C[C@H]3OCCN(Cc4ccc(C)o4)[C@H]3C2)c1. The summed E-state index contributed by atoms with van der Waals surface area (Å²) in [6.07, 6.45) is 0.315. The van der Waals surface area contributed by atoms with Gasteiger partial charge in [-0.25, -0.2) is 0 Å². The Hall–Kier alpha value is -1.62. The van der Waals surface area contributed by atoms with E-state index in [0.29, 0.717) is 12.1 Å². The summed E-state index contributed by atoms with van der Waals surface area (Å²) in [4.78, 5) is 5.07. The van der Waals surface area contributed by atoms with Gasteiger partial charge < -0.3 is 9.15 Å². The molecule has 25 heavy (non-hydrogen) atoms. The molecule has 4 nitrogen and oxygen atoms in total. The van der Waals surface area contributed by atoms with E-state index in [9.17, 15) is 0 Å². The van der Waals surface area contributed by atoms with E-state index in [-0.39, 0.29) is 0 Å². The molecule has 0 aliphatic carbocycles. The Labute approximate surface area is 150 Å². The highest BCUT2D eigenvalue weighted by Crippen LogP contribution is 2.26. The van der Waals surface area contributed by atoms with Crippen LogP contribution in [0.15, 0.2) is 34.7 Å². The number of hydrogen-bond acceptors (Lipinski definition) is 4. The van der Waals surface area contributed by atoms with Crippen molar-refractivity contribution in [3.05, 3.63) is 58.5 Å². The number of nitrogens with zero attached hydrogens (tertiary/aromatic N) is 2. The highest BCUT2D eigenvalue weighted by molar-refractivity contribution is 5.28. The van der Waals surface area contributed by atoms with Crippen molar-refractivity contribution < 1.29 is 9.15 Å². The van der Waals surface area contributed by atoms with Crippen molar-refractivity contribution in [2.45, 2.75) is 46.0 Å². The smallest absolute Gasteiger partial charge is 0.118 e. The standard InChI is InChI=1S/C21H28N2O2/c1-15-8-16(2)10-18(9-15)11-22-13-20-21(14-22)24-7-6-23(20)12-19-5-4-17(3)25-19/h4-5,8-10,20-21H,6-7,11-14H2,1-3H3/t20-,21+/m0/s1. The summed E-state index contributed by atoms with van der Waals surface area (Å²) in [6.45, 7) is 12.1. The van der Waals surface area contributed by atoms with Crippen molar-refractivity contribution in [1.82, 2.24) is 9.80 Å². The Morgan fingerprint density at radius 1 is 1.00 bits per heavy atom. The third-order valence-corrected chi connectivity index (χ3v) is 5.33. The number of aryl methyl sites for hydroxylation is 3. The molecule has 4 heteroatoms.